The smallest absolute Gasteiger partial charge is 0.255 e. The van der Waals surface area contributed by atoms with E-state index >= 15 is 0 Å². The van der Waals surface area contributed by atoms with Crippen LogP contribution in [0.1, 0.15) is 30.1 Å². The van der Waals surface area contributed by atoms with Gasteiger partial charge in [0.15, 0.2) is 0 Å². The molecule has 1 atom stereocenters. The molecule has 1 aromatic rings. The van der Waals surface area contributed by atoms with Crippen molar-refractivity contribution in [3.63, 3.8) is 0 Å². The molecule has 0 spiro atoms. The Balaban J connectivity index is 2.52. The molecule has 0 saturated carbocycles. The summed E-state index contributed by atoms with van der Waals surface area (Å²) in [4.78, 5) is 13.8. The molecule has 0 radical (unpaired) electrons. The molecule has 1 unspecified atom stereocenters. The molecule has 1 heterocycles. The highest BCUT2D eigenvalue weighted by Crippen LogP contribution is 2.31. The quantitative estimate of drug-likeness (QED) is 0.899. The molecule has 0 aromatic heterocycles. The summed E-state index contributed by atoms with van der Waals surface area (Å²) in [6, 6.07) is 2.60. The number of sulfonamides is 1. The molecule has 1 fully saturated rings. The van der Waals surface area contributed by atoms with Crippen molar-refractivity contribution in [3.8, 4) is 0 Å². The van der Waals surface area contributed by atoms with Gasteiger partial charge < -0.3 is 4.90 Å². The second kappa shape index (κ2) is 5.52. The molecule has 1 aliphatic heterocycles. The number of hydrogen-bond donors (Lipinski definition) is 1. The normalized spacial score (nSPS) is 19.4. The first-order chi connectivity index (χ1) is 9.21. The third kappa shape index (κ3) is 2.93. The van der Waals surface area contributed by atoms with E-state index in [4.69, 9.17) is 28.3 Å². The van der Waals surface area contributed by atoms with E-state index in [0.717, 1.165) is 18.9 Å². The average molecular weight is 337 g/mol. The van der Waals surface area contributed by atoms with Crippen LogP contribution in [-0.2, 0) is 10.0 Å². The average Bonchev–Trinajstić information content (AvgIpc) is 2.75. The first-order valence-electron chi connectivity index (χ1n) is 6.04. The fraction of sp³-hybridized carbons (Fsp3) is 0.417. The van der Waals surface area contributed by atoms with Gasteiger partial charge >= 0.3 is 0 Å². The van der Waals surface area contributed by atoms with Gasteiger partial charge in [0.1, 0.15) is 4.90 Å². The van der Waals surface area contributed by atoms with Crippen molar-refractivity contribution in [1.82, 2.24) is 4.90 Å². The van der Waals surface area contributed by atoms with Crippen molar-refractivity contribution in [3.05, 3.63) is 27.7 Å². The Morgan fingerprint density at radius 1 is 1.40 bits per heavy atom. The van der Waals surface area contributed by atoms with Gasteiger partial charge in [0.25, 0.3) is 5.91 Å². The summed E-state index contributed by atoms with van der Waals surface area (Å²) >= 11 is 11.9. The summed E-state index contributed by atoms with van der Waals surface area (Å²) in [5, 5.41) is 5.01. The predicted octanol–water partition coefficient (Wildman–Crippen LogP) is 2.27. The van der Waals surface area contributed by atoms with Crippen molar-refractivity contribution in [2.45, 2.75) is 30.7 Å². The molecule has 20 heavy (non-hydrogen) atoms. The number of likely N-dealkylation sites (tertiary alicyclic amines) is 1. The van der Waals surface area contributed by atoms with E-state index in [1.165, 1.54) is 6.07 Å². The third-order valence-corrected chi connectivity index (χ3v) is 5.03. The first kappa shape index (κ1) is 15.6. The van der Waals surface area contributed by atoms with E-state index < -0.39 is 10.0 Å². The highest BCUT2D eigenvalue weighted by Gasteiger charge is 2.29. The fourth-order valence-corrected chi connectivity index (χ4v) is 3.76. The van der Waals surface area contributed by atoms with Crippen molar-refractivity contribution in [2.75, 3.05) is 6.54 Å². The number of hydrogen-bond acceptors (Lipinski definition) is 3. The second-order valence-electron chi connectivity index (χ2n) is 4.80. The van der Waals surface area contributed by atoms with Gasteiger partial charge in [0, 0.05) is 17.6 Å². The lowest BCUT2D eigenvalue weighted by molar-refractivity contribution is 0.0747. The zero-order valence-corrected chi connectivity index (χ0v) is 13.1. The molecule has 1 aliphatic rings. The van der Waals surface area contributed by atoms with E-state index in [1.807, 2.05) is 6.92 Å². The van der Waals surface area contributed by atoms with Gasteiger partial charge in [-0.05, 0) is 31.9 Å². The number of amides is 1. The van der Waals surface area contributed by atoms with Crippen LogP contribution >= 0.6 is 23.2 Å². The van der Waals surface area contributed by atoms with Gasteiger partial charge in [-0.25, -0.2) is 13.6 Å². The van der Waals surface area contributed by atoms with E-state index in [-0.39, 0.29) is 32.5 Å². The number of primary sulfonamides is 1. The minimum Gasteiger partial charge on any atom is -0.336 e. The third-order valence-electron chi connectivity index (χ3n) is 3.35. The van der Waals surface area contributed by atoms with Crippen LogP contribution in [0, 0.1) is 0 Å². The maximum Gasteiger partial charge on any atom is 0.255 e. The number of carbonyl (C=O) groups is 1. The van der Waals surface area contributed by atoms with Gasteiger partial charge in [-0.3, -0.25) is 4.79 Å². The molecule has 2 rings (SSSR count). The number of halogens is 2. The number of benzene rings is 1. The van der Waals surface area contributed by atoms with Crippen molar-refractivity contribution >= 4 is 39.1 Å². The number of nitrogens with two attached hydrogens (primary N) is 1. The van der Waals surface area contributed by atoms with Crippen LogP contribution < -0.4 is 5.14 Å². The lowest BCUT2D eigenvalue weighted by Gasteiger charge is -2.22. The Kier molecular flexibility index (Phi) is 4.30. The van der Waals surface area contributed by atoms with Gasteiger partial charge in [-0.1, -0.05) is 23.2 Å². The Morgan fingerprint density at radius 2 is 2.05 bits per heavy atom. The lowest BCUT2D eigenvalue weighted by atomic mass is 10.2. The Morgan fingerprint density at radius 3 is 2.55 bits per heavy atom. The van der Waals surface area contributed by atoms with Crippen LogP contribution in [0.5, 0.6) is 0 Å². The summed E-state index contributed by atoms with van der Waals surface area (Å²) in [5.41, 5.74) is 0.0666. The van der Waals surface area contributed by atoms with Crippen LogP contribution in [0.15, 0.2) is 17.0 Å². The van der Waals surface area contributed by atoms with E-state index in [9.17, 15) is 13.2 Å². The molecular weight excluding hydrogens is 323 g/mol. The zero-order valence-electron chi connectivity index (χ0n) is 10.8. The lowest BCUT2D eigenvalue weighted by Crippen LogP contribution is -2.34. The maximum absolute atomic E-state index is 12.5. The zero-order chi connectivity index (χ0) is 15.1. The summed E-state index contributed by atoms with van der Waals surface area (Å²) in [5.74, 6) is -0.326. The second-order valence-corrected chi connectivity index (χ2v) is 7.14. The minimum atomic E-state index is -4.04. The molecular formula is C12H14Cl2N2O3S. The molecule has 8 heteroatoms. The van der Waals surface area contributed by atoms with Gasteiger partial charge in [0.05, 0.1) is 10.6 Å². The maximum atomic E-state index is 12.5. The van der Waals surface area contributed by atoms with Crippen molar-refractivity contribution in [2.24, 2.45) is 5.14 Å². The van der Waals surface area contributed by atoms with Crippen LogP contribution in [0.3, 0.4) is 0 Å². The Labute approximate surface area is 127 Å². The van der Waals surface area contributed by atoms with Gasteiger partial charge in [-0.15, -0.1) is 0 Å². The van der Waals surface area contributed by atoms with Crippen LogP contribution in [0.2, 0.25) is 10.0 Å². The predicted molar refractivity (Wildman–Crippen MR) is 77.6 cm³/mol. The van der Waals surface area contributed by atoms with Crippen molar-refractivity contribution in [1.29, 1.82) is 0 Å². The molecule has 1 aromatic carbocycles. The summed E-state index contributed by atoms with van der Waals surface area (Å²) < 4.78 is 23.0. The Bertz CT molecular complexity index is 661. The molecule has 0 bridgehead atoms. The van der Waals surface area contributed by atoms with E-state index in [2.05, 4.69) is 0 Å². The summed E-state index contributed by atoms with van der Waals surface area (Å²) in [6.07, 6.45) is 1.82. The van der Waals surface area contributed by atoms with Gasteiger partial charge in [0.2, 0.25) is 10.0 Å². The Hall–Kier alpha value is -0.820. The summed E-state index contributed by atoms with van der Waals surface area (Å²) in [6.45, 7) is 2.55. The molecule has 1 amide bonds. The highest BCUT2D eigenvalue weighted by atomic mass is 35.5. The monoisotopic (exact) mass is 336 g/mol. The van der Waals surface area contributed by atoms with Crippen LogP contribution in [-0.4, -0.2) is 31.8 Å². The number of carbonyl (C=O) groups excluding carboxylic acids is 1. The van der Waals surface area contributed by atoms with Crippen LogP contribution in [0.25, 0.3) is 0 Å². The fourth-order valence-electron chi connectivity index (χ4n) is 2.32. The molecule has 5 nitrogen and oxygen atoms in total. The molecule has 110 valence electrons. The molecule has 0 aliphatic carbocycles. The molecule has 2 N–H and O–H groups in total. The largest absolute Gasteiger partial charge is 0.336 e. The number of rotatable bonds is 2. The minimum absolute atomic E-state index is 0.0666. The first-order valence-corrected chi connectivity index (χ1v) is 8.35. The van der Waals surface area contributed by atoms with Crippen LogP contribution in [0.4, 0.5) is 0 Å². The molecule has 1 saturated heterocycles. The van der Waals surface area contributed by atoms with E-state index in [1.54, 1.807) is 4.90 Å². The summed E-state index contributed by atoms with van der Waals surface area (Å²) in [7, 11) is -4.04. The van der Waals surface area contributed by atoms with Crippen molar-refractivity contribution < 1.29 is 13.2 Å². The standard InChI is InChI=1S/C12H14Cl2N2O3S/c1-7-3-2-4-16(7)12(17)9-5-8(13)6-10(11(9)14)20(15,18)19/h5-7H,2-4H2,1H3,(H2,15,18,19). The SMILES string of the molecule is CC1CCCN1C(=O)c1cc(Cl)cc(S(N)(=O)=O)c1Cl. The van der Waals surface area contributed by atoms with Gasteiger partial charge in [-0.2, -0.15) is 0 Å². The van der Waals surface area contributed by atoms with E-state index in [0.29, 0.717) is 6.54 Å². The number of nitrogens with zero attached hydrogens (tertiary/aromatic N) is 1. The topological polar surface area (TPSA) is 80.5 Å². The highest BCUT2D eigenvalue weighted by molar-refractivity contribution is 7.89.